The molecule has 3 nitrogen and oxygen atoms in total. The minimum absolute atomic E-state index is 0.0812. The van der Waals surface area contributed by atoms with E-state index in [0.717, 1.165) is 29.6 Å². The largest absolute Gasteiger partial charge is 0.336 e. The van der Waals surface area contributed by atoms with E-state index in [0.29, 0.717) is 5.57 Å². The number of carbonyl (C=O) groups excluding carboxylic acids is 1. The van der Waals surface area contributed by atoms with Gasteiger partial charge in [0, 0.05) is 39.6 Å². The van der Waals surface area contributed by atoms with E-state index >= 15 is 0 Å². The first-order chi connectivity index (χ1) is 14.7. The van der Waals surface area contributed by atoms with Crippen molar-refractivity contribution in [1.82, 2.24) is 4.57 Å². The van der Waals surface area contributed by atoms with Crippen LogP contribution in [0.25, 0.3) is 21.8 Å². The second-order valence-corrected chi connectivity index (χ2v) is 7.34. The van der Waals surface area contributed by atoms with Crippen molar-refractivity contribution in [1.29, 1.82) is 0 Å². The molecule has 0 radical (unpaired) electrons. The van der Waals surface area contributed by atoms with Crippen LogP contribution in [0.2, 0.25) is 0 Å². The Balaban J connectivity index is 1.75. The number of allylic oxidation sites excluding steroid dienone is 2. The predicted octanol–water partition coefficient (Wildman–Crippen LogP) is 6.69. The monoisotopic (exact) mass is 394 g/mol. The van der Waals surface area contributed by atoms with Crippen molar-refractivity contribution >= 4 is 33.4 Å². The first kappa shape index (κ1) is 19.7. The van der Waals surface area contributed by atoms with Crippen LogP contribution in [-0.4, -0.2) is 10.5 Å². The first-order valence-corrected chi connectivity index (χ1v) is 10.4. The van der Waals surface area contributed by atoms with Gasteiger partial charge >= 0.3 is 0 Å². The molecule has 3 heteroatoms. The van der Waals surface area contributed by atoms with Crippen molar-refractivity contribution < 1.29 is 4.79 Å². The van der Waals surface area contributed by atoms with Crippen molar-refractivity contribution in [3.63, 3.8) is 0 Å². The van der Waals surface area contributed by atoms with Gasteiger partial charge in [0.2, 0.25) is 0 Å². The molecule has 0 aliphatic carbocycles. The molecule has 0 spiro atoms. The molecule has 150 valence electrons. The number of amides is 1. The maximum absolute atomic E-state index is 12.7. The van der Waals surface area contributed by atoms with Gasteiger partial charge < -0.3 is 9.88 Å². The molecule has 0 saturated carbocycles. The van der Waals surface area contributed by atoms with Crippen molar-refractivity contribution in [3.05, 3.63) is 102 Å². The van der Waals surface area contributed by atoms with E-state index in [1.807, 2.05) is 44.2 Å². The third-order valence-corrected chi connectivity index (χ3v) is 5.25. The van der Waals surface area contributed by atoms with Crippen LogP contribution in [0.3, 0.4) is 0 Å². The zero-order valence-electron chi connectivity index (χ0n) is 17.4. The molecule has 4 aromatic rings. The third-order valence-electron chi connectivity index (χ3n) is 5.25. The summed E-state index contributed by atoms with van der Waals surface area (Å²) in [6, 6.07) is 25.1. The molecule has 0 unspecified atom stereocenters. The standard InChI is InChI=1S/C27H26N2O/c1-3-10-21(11-4-2)27(30)28-22-16-17-26-24(18-22)23-14-8-9-15-25(23)29(26)19-20-12-6-5-7-13-20/h3,5-18H,4,19H2,1-2H3,(H,28,30)/b10-3-,21-11+. The zero-order valence-corrected chi connectivity index (χ0v) is 17.4. The number of benzene rings is 3. The van der Waals surface area contributed by atoms with Crippen LogP contribution < -0.4 is 5.32 Å². The normalized spacial score (nSPS) is 12.1. The molecule has 1 N–H and O–H groups in total. The summed E-state index contributed by atoms with van der Waals surface area (Å²) >= 11 is 0. The van der Waals surface area contributed by atoms with Gasteiger partial charge in [-0.2, -0.15) is 0 Å². The molecule has 0 aliphatic rings. The van der Waals surface area contributed by atoms with Crippen LogP contribution in [-0.2, 0) is 11.3 Å². The number of aromatic nitrogens is 1. The molecule has 0 fully saturated rings. The number of hydrogen-bond acceptors (Lipinski definition) is 1. The number of carbonyl (C=O) groups is 1. The fraction of sp³-hybridized carbons (Fsp3) is 0.148. The van der Waals surface area contributed by atoms with E-state index in [1.165, 1.54) is 16.5 Å². The predicted molar refractivity (Wildman–Crippen MR) is 127 cm³/mol. The van der Waals surface area contributed by atoms with Crippen molar-refractivity contribution in [2.45, 2.75) is 26.8 Å². The molecule has 0 saturated heterocycles. The highest BCUT2D eigenvalue weighted by atomic mass is 16.1. The number of fused-ring (bicyclic) bond motifs is 3. The van der Waals surface area contributed by atoms with Gasteiger partial charge in [0.25, 0.3) is 5.91 Å². The molecule has 0 bridgehead atoms. The summed E-state index contributed by atoms with van der Waals surface area (Å²) in [5.74, 6) is -0.0812. The third kappa shape index (κ3) is 3.92. The lowest BCUT2D eigenvalue weighted by molar-refractivity contribution is -0.112. The Bertz CT molecular complexity index is 1250. The lowest BCUT2D eigenvalue weighted by atomic mass is 10.1. The number of para-hydroxylation sites is 1. The second kappa shape index (κ2) is 8.83. The Kier molecular flexibility index (Phi) is 5.80. The van der Waals surface area contributed by atoms with Gasteiger partial charge in [-0.3, -0.25) is 4.79 Å². The molecule has 1 amide bonds. The topological polar surface area (TPSA) is 34.0 Å². The van der Waals surface area contributed by atoms with Gasteiger partial charge in [-0.25, -0.2) is 0 Å². The number of rotatable bonds is 6. The second-order valence-electron chi connectivity index (χ2n) is 7.34. The average Bonchev–Trinajstić information content (AvgIpc) is 3.07. The number of nitrogens with one attached hydrogen (secondary N) is 1. The summed E-state index contributed by atoms with van der Waals surface area (Å²) in [6.45, 7) is 4.76. The van der Waals surface area contributed by atoms with Crippen LogP contribution in [0.1, 0.15) is 25.8 Å². The molecule has 0 atom stereocenters. The maximum Gasteiger partial charge on any atom is 0.255 e. The smallest absolute Gasteiger partial charge is 0.255 e. The Morgan fingerprint density at radius 3 is 2.43 bits per heavy atom. The lowest BCUT2D eigenvalue weighted by Gasteiger charge is -2.09. The lowest BCUT2D eigenvalue weighted by Crippen LogP contribution is -2.13. The van der Waals surface area contributed by atoms with Crippen molar-refractivity contribution in [3.8, 4) is 0 Å². The summed E-state index contributed by atoms with van der Waals surface area (Å²) in [6.07, 6.45) is 6.50. The highest BCUT2D eigenvalue weighted by Gasteiger charge is 2.13. The molecule has 4 rings (SSSR count). The molecular weight excluding hydrogens is 368 g/mol. The van der Waals surface area contributed by atoms with Crippen LogP contribution >= 0.6 is 0 Å². The Morgan fingerprint density at radius 2 is 1.67 bits per heavy atom. The Labute approximate surface area is 177 Å². The molecule has 30 heavy (non-hydrogen) atoms. The van der Waals surface area contributed by atoms with Gasteiger partial charge in [-0.1, -0.05) is 73.7 Å². The fourth-order valence-electron chi connectivity index (χ4n) is 3.91. The maximum atomic E-state index is 12.7. The average molecular weight is 395 g/mol. The SMILES string of the molecule is C/C=C\C(=C/CC)C(=O)Nc1ccc2c(c1)c1ccccc1n2Cc1ccccc1. The van der Waals surface area contributed by atoms with Crippen molar-refractivity contribution in [2.75, 3.05) is 5.32 Å². The quantitative estimate of drug-likeness (QED) is 0.287. The fourth-order valence-corrected chi connectivity index (χ4v) is 3.91. The van der Waals surface area contributed by atoms with Crippen LogP contribution in [0.4, 0.5) is 5.69 Å². The van der Waals surface area contributed by atoms with Crippen LogP contribution in [0.15, 0.2) is 96.6 Å². The Morgan fingerprint density at radius 1 is 0.933 bits per heavy atom. The van der Waals surface area contributed by atoms with E-state index in [9.17, 15) is 4.79 Å². The highest BCUT2D eigenvalue weighted by molar-refractivity contribution is 6.11. The van der Waals surface area contributed by atoms with E-state index < -0.39 is 0 Å². The minimum atomic E-state index is -0.0812. The van der Waals surface area contributed by atoms with E-state index in [2.05, 4.69) is 70.5 Å². The summed E-state index contributed by atoms with van der Waals surface area (Å²) in [5, 5.41) is 5.40. The van der Waals surface area contributed by atoms with Gasteiger partial charge in [-0.05, 0) is 43.2 Å². The van der Waals surface area contributed by atoms with E-state index in [4.69, 9.17) is 0 Å². The molecular formula is C27H26N2O. The van der Waals surface area contributed by atoms with Crippen LogP contribution in [0.5, 0.6) is 0 Å². The van der Waals surface area contributed by atoms with Gasteiger partial charge in [0.1, 0.15) is 0 Å². The first-order valence-electron chi connectivity index (χ1n) is 10.4. The minimum Gasteiger partial charge on any atom is -0.336 e. The van der Waals surface area contributed by atoms with E-state index in [1.54, 1.807) is 0 Å². The zero-order chi connectivity index (χ0) is 20.9. The summed E-state index contributed by atoms with van der Waals surface area (Å²) in [7, 11) is 0. The Hall–Kier alpha value is -3.59. The van der Waals surface area contributed by atoms with Crippen LogP contribution in [0, 0.1) is 0 Å². The number of anilines is 1. The van der Waals surface area contributed by atoms with Crippen molar-refractivity contribution in [2.24, 2.45) is 0 Å². The van der Waals surface area contributed by atoms with Gasteiger partial charge in [-0.15, -0.1) is 0 Å². The summed E-state index contributed by atoms with van der Waals surface area (Å²) in [4.78, 5) is 12.7. The number of hydrogen-bond donors (Lipinski definition) is 1. The summed E-state index contributed by atoms with van der Waals surface area (Å²) < 4.78 is 2.34. The summed E-state index contributed by atoms with van der Waals surface area (Å²) in [5.41, 5.74) is 5.11. The molecule has 1 aromatic heterocycles. The van der Waals surface area contributed by atoms with E-state index in [-0.39, 0.29) is 5.91 Å². The molecule has 3 aromatic carbocycles. The molecule has 1 heterocycles. The number of nitrogens with zero attached hydrogens (tertiary/aromatic N) is 1. The van der Waals surface area contributed by atoms with Gasteiger partial charge in [0.05, 0.1) is 0 Å². The highest BCUT2D eigenvalue weighted by Crippen LogP contribution is 2.31. The van der Waals surface area contributed by atoms with Gasteiger partial charge in [0.15, 0.2) is 0 Å². The molecule has 0 aliphatic heterocycles.